The smallest absolute Gasteiger partial charge is 0.158 e. The third-order valence-corrected chi connectivity index (χ3v) is 3.76. The Morgan fingerprint density at radius 1 is 1.24 bits per heavy atom. The summed E-state index contributed by atoms with van der Waals surface area (Å²) in [7, 11) is 0. The van der Waals surface area contributed by atoms with Gasteiger partial charge in [-0.2, -0.15) is 5.10 Å². The second kappa shape index (κ2) is 6.24. The van der Waals surface area contributed by atoms with Crippen LogP contribution in [0.15, 0.2) is 42.7 Å². The molecule has 21 heavy (non-hydrogen) atoms. The van der Waals surface area contributed by atoms with Crippen LogP contribution in [0.1, 0.15) is 18.1 Å². The zero-order valence-electron chi connectivity index (χ0n) is 11.9. The standard InChI is InChI=1S/C16H17ClN4/c1-2-18-8-12-7-14-10-20-21(16(14)19-9-12)11-13-5-3-4-6-15(13)17/h3-7,9-10,18H,2,8,11H2,1H3. The van der Waals surface area contributed by atoms with Crippen molar-refractivity contribution in [1.29, 1.82) is 0 Å². The maximum absolute atomic E-state index is 6.20. The number of halogens is 1. The van der Waals surface area contributed by atoms with Crippen LogP contribution in [-0.4, -0.2) is 21.3 Å². The number of hydrogen-bond acceptors (Lipinski definition) is 3. The molecule has 0 aliphatic rings. The number of nitrogens with zero attached hydrogens (tertiary/aromatic N) is 3. The van der Waals surface area contributed by atoms with Crippen LogP contribution in [0.3, 0.4) is 0 Å². The number of rotatable bonds is 5. The van der Waals surface area contributed by atoms with Gasteiger partial charge in [-0.05, 0) is 29.8 Å². The van der Waals surface area contributed by atoms with Gasteiger partial charge in [-0.25, -0.2) is 9.67 Å². The molecule has 3 rings (SSSR count). The molecular formula is C16H17ClN4. The van der Waals surface area contributed by atoms with Gasteiger partial charge in [-0.3, -0.25) is 0 Å². The maximum Gasteiger partial charge on any atom is 0.158 e. The Bertz CT molecular complexity index is 751. The largest absolute Gasteiger partial charge is 0.313 e. The molecule has 4 nitrogen and oxygen atoms in total. The number of hydrogen-bond donors (Lipinski definition) is 1. The van der Waals surface area contributed by atoms with E-state index in [-0.39, 0.29) is 0 Å². The Balaban J connectivity index is 1.88. The van der Waals surface area contributed by atoms with Crippen LogP contribution in [0.4, 0.5) is 0 Å². The van der Waals surface area contributed by atoms with Crippen molar-refractivity contribution in [2.45, 2.75) is 20.0 Å². The molecule has 0 fully saturated rings. The molecule has 1 N–H and O–H groups in total. The van der Waals surface area contributed by atoms with Crippen LogP contribution < -0.4 is 5.32 Å². The summed E-state index contributed by atoms with van der Waals surface area (Å²) in [4.78, 5) is 4.54. The van der Waals surface area contributed by atoms with Gasteiger partial charge >= 0.3 is 0 Å². The SMILES string of the molecule is CCNCc1cnc2c(cnn2Cc2ccccc2Cl)c1. The predicted octanol–water partition coefficient (Wildman–Crippen LogP) is 3.24. The fraction of sp³-hybridized carbons (Fsp3) is 0.250. The van der Waals surface area contributed by atoms with Crippen molar-refractivity contribution >= 4 is 22.6 Å². The van der Waals surface area contributed by atoms with Crippen molar-refractivity contribution in [3.05, 3.63) is 58.9 Å². The Hall–Kier alpha value is -1.91. The van der Waals surface area contributed by atoms with Crippen LogP contribution in [-0.2, 0) is 13.1 Å². The molecule has 2 heterocycles. The molecule has 0 unspecified atom stereocenters. The molecule has 0 radical (unpaired) electrons. The van der Waals surface area contributed by atoms with Crippen molar-refractivity contribution in [2.75, 3.05) is 6.54 Å². The molecule has 0 aliphatic heterocycles. The lowest BCUT2D eigenvalue weighted by atomic mass is 10.2. The summed E-state index contributed by atoms with van der Waals surface area (Å²) in [5, 5.41) is 9.53. The first-order chi connectivity index (χ1) is 10.3. The Morgan fingerprint density at radius 3 is 2.90 bits per heavy atom. The van der Waals surface area contributed by atoms with Gasteiger partial charge in [0.25, 0.3) is 0 Å². The Kier molecular flexibility index (Phi) is 4.18. The van der Waals surface area contributed by atoms with Gasteiger partial charge in [0.05, 0.1) is 12.7 Å². The Morgan fingerprint density at radius 2 is 2.10 bits per heavy atom. The van der Waals surface area contributed by atoms with E-state index in [1.165, 1.54) is 5.56 Å². The summed E-state index contributed by atoms with van der Waals surface area (Å²) in [5.74, 6) is 0. The summed E-state index contributed by atoms with van der Waals surface area (Å²) >= 11 is 6.20. The highest BCUT2D eigenvalue weighted by molar-refractivity contribution is 6.31. The summed E-state index contributed by atoms with van der Waals surface area (Å²) in [5.41, 5.74) is 3.10. The van der Waals surface area contributed by atoms with Crippen LogP contribution in [0, 0.1) is 0 Å². The van der Waals surface area contributed by atoms with Gasteiger partial charge in [-0.15, -0.1) is 0 Å². The lowest BCUT2D eigenvalue weighted by Gasteiger charge is -2.06. The van der Waals surface area contributed by atoms with Crippen molar-refractivity contribution in [3.8, 4) is 0 Å². The highest BCUT2D eigenvalue weighted by Gasteiger charge is 2.07. The highest BCUT2D eigenvalue weighted by Crippen LogP contribution is 2.19. The van der Waals surface area contributed by atoms with E-state index in [0.29, 0.717) is 6.54 Å². The first-order valence-electron chi connectivity index (χ1n) is 7.02. The number of benzene rings is 1. The van der Waals surface area contributed by atoms with E-state index >= 15 is 0 Å². The highest BCUT2D eigenvalue weighted by atomic mass is 35.5. The van der Waals surface area contributed by atoms with E-state index in [1.807, 2.05) is 41.3 Å². The first kappa shape index (κ1) is 14.0. The fourth-order valence-corrected chi connectivity index (χ4v) is 2.48. The van der Waals surface area contributed by atoms with E-state index < -0.39 is 0 Å². The zero-order chi connectivity index (χ0) is 14.7. The fourth-order valence-electron chi connectivity index (χ4n) is 2.29. The molecule has 0 saturated heterocycles. The van der Waals surface area contributed by atoms with Crippen molar-refractivity contribution in [3.63, 3.8) is 0 Å². The van der Waals surface area contributed by atoms with Gasteiger partial charge < -0.3 is 5.32 Å². The van der Waals surface area contributed by atoms with Crippen LogP contribution in [0.5, 0.6) is 0 Å². The molecule has 1 aromatic carbocycles. The third-order valence-electron chi connectivity index (χ3n) is 3.39. The second-order valence-corrected chi connectivity index (χ2v) is 5.34. The summed E-state index contributed by atoms with van der Waals surface area (Å²) < 4.78 is 1.88. The lowest BCUT2D eigenvalue weighted by molar-refractivity contribution is 0.702. The van der Waals surface area contributed by atoms with Crippen molar-refractivity contribution in [2.24, 2.45) is 0 Å². The summed E-state index contributed by atoms with van der Waals surface area (Å²) in [6, 6.07) is 9.94. The molecule has 0 aliphatic carbocycles. The van der Waals surface area contributed by atoms with Crippen LogP contribution in [0.25, 0.3) is 11.0 Å². The monoisotopic (exact) mass is 300 g/mol. The lowest BCUT2D eigenvalue weighted by Crippen LogP contribution is -2.11. The molecule has 5 heteroatoms. The second-order valence-electron chi connectivity index (χ2n) is 4.93. The zero-order valence-corrected chi connectivity index (χ0v) is 12.6. The minimum Gasteiger partial charge on any atom is -0.313 e. The van der Waals surface area contributed by atoms with Gasteiger partial charge in [0.2, 0.25) is 0 Å². The van der Waals surface area contributed by atoms with E-state index in [0.717, 1.165) is 34.7 Å². The Labute approximate surface area is 128 Å². The number of pyridine rings is 1. The van der Waals surface area contributed by atoms with Crippen LogP contribution in [0.2, 0.25) is 5.02 Å². The summed E-state index contributed by atoms with van der Waals surface area (Å²) in [6.45, 7) is 4.50. The van der Waals surface area contributed by atoms with E-state index in [9.17, 15) is 0 Å². The number of aromatic nitrogens is 3. The normalized spacial score (nSPS) is 11.1. The summed E-state index contributed by atoms with van der Waals surface area (Å²) in [6.07, 6.45) is 3.75. The van der Waals surface area contributed by atoms with Crippen molar-refractivity contribution in [1.82, 2.24) is 20.1 Å². The third kappa shape index (κ3) is 3.06. The molecule has 2 aromatic heterocycles. The topological polar surface area (TPSA) is 42.7 Å². The minimum atomic E-state index is 0.628. The van der Waals surface area contributed by atoms with Gasteiger partial charge in [0.1, 0.15) is 0 Å². The van der Waals surface area contributed by atoms with E-state index in [4.69, 9.17) is 11.6 Å². The first-order valence-corrected chi connectivity index (χ1v) is 7.40. The molecular weight excluding hydrogens is 284 g/mol. The molecule has 0 atom stereocenters. The van der Waals surface area contributed by atoms with E-state index in [2.05, 4.69) is 28.4 Å². The molecule has 108 valence electrons. The molecule has 0 bridgehead atoms. The number of fused-ring (bicyclic) bond motifs is 1. The van der Waals surface area contributed by atoms with Crippen molar-refractivity contribution < 1.29 is 0 Å². The quantitative estimate of drug-likeness (QED) is 0.786. The average Bonchev–Trinajstić information content (AvgIpc) is 2.90. The predicted molar refractivity (Wildman–Crippen MR) is 85.5 cm³/mol. The van der Waals surface area contributed by atoms with Crippen LogP contribution >= 0.6 is 11.6 Å². The number of nitrogens with one attached hydrogen (secondary N) is 1. The van der Waals surface area contributed by atoms with Gasteiger partial charge in [-0.1, -0.05) is 36.7 Å². The molecule has 0 spiro atoms. The average molecular weight is 301 g/mol. The minimum absolute atomic E-state index is 0.628. The molecule has 3 aromatic rings. The maximum atomic E-state index is 6.20. The van der Waals surface area contributed by atoms with Gasteiger partial charge in [0.15, 0.2) is 5.65 Å². The van der Waals surface area contributed by atoms with Gasteiger partial charge in [0, 0.05) is 23.2 Å². The molecule has 0 saturated carbocycles. The van der Waals surface area contributed by atoms with E-state index in [1.54, 1.807) is 0 Å². The molecule has 0 amide bonds.